The Kier molecular flexibility index (Phi) is 5.59. The highest BCUT2D eigenvalue weighted by Crippen LogP contribution is 2.16. The van der Waals surface area contributed by atoms with Crippen molar-refractivity contribution in [3.05, 3.63) is 54.0 Å². The second-order valence-electron chi connectivity index (χ2n) is 4.71. The van der Waals surface area contributed by atoms with Gasteiger partial charge in [-0.05, 0) is 30.2 Å². The summed E-state index contributed by atoms with van der Waals surface area (Å²) in [5.74, 6) is -0.00384. The quantitative estimate of drug-likeness (QED) is 0.675. The lowest BCUT2D eigenvalue weighted by Gasteiger charge is -2.07. The summed E-state index contributed by atoms with van der Waals surface area (Å²) in [6.45, 7) is 0.661. The SMILES string of the molecule is O=C(CCc1ccccc1O)NCCNC(=O)c1ccco1. The van der Waals surface area contributed by atoms with Gasteiger partial charge in [0.15, 0.2) is 5.76 Å². The van der Waals surface area contributed by atoms with Crippen LogP contribution in [0, 0.1) is 0 Å². The molecule has 116 valence electrons. The van der Waals surface area contributed by atoms with Crippen molar-refractivity contribution in [1.29, 1.82) is 0 Å². The van der Waals surface area contributed by atoms with Crippen LogP contribution in [0.15, 0.2) is 47.1 Å². The normalized spacial score (nSPS) is 10.2. The van der Waals surface area contributed by atoms with Crippen molar-refractivity contribution in [3.63, 3.8) is 0 Å². The molecule has 2 amide bonds. The van der Waals surface area contributed by atoms with Crippen molar-refractivity contribution < 1.29 is 19.1 Å². The minimum atomic E-state index is -0.312. The van der Waals surface area contributed by atoms with Crippen LogP contribution in [0.2, 0.25) is 0 Å². The Balaban J connectivity index is 1.62. The smallest absolute Gasteiger partial charge is 0.287 e. The number of aromatic hydroxyl groups is 1. The van der Waals surface area contributed by atoms with Crippen LogP contribution in [0.5, 0.6) is 5.75 Å². The predicted octanol–water partition coefficient (Wildman–Crippen LogP) is 1.46. The predicted molar refractivity (Wildman–Crippen MR) is 80.5 cm³/mol. The zero-order chi connectivity index (χ0) is 15.8. The number of aryl methyl sites for hydroxylation is 1. The lowest BCUT2D eigenvalue weighted by atomic mass is 10.1. The molecule has 0 radical (unpaired) electrons. The van der Waals surface area contributed by atoms with Gasteiger partial charge in [0, 0.05) is 19.5 Å². The van der Waals surface area contributed by atoms with Crippen molar-refractivity contribution in [2.75, 3.05) is 13.1 Å². The Morgan fingerprint density at radius 1 is 1.05 bits per heavy atom. The summed E-state index contributed by atoms with van der Waals surface area (Å²) >= 11 is 0. The van der Waals surface area contributed by atoms with E-state index < -0.39 is 0 Å². The van der Waals surface area contributed by atoms with Crippen molar-refractivity contribution in [2.24, 2.45) is 0 Å². The first-order valence-electron chi connectivity index (χ1n) is 7.02. The molecule has 2 rings (SSSR count). The van der Waals surface area contributed by atoms with Crippen LogP contribution >= 0.6 is 0 Å². The molecule has 0 spiro atoms. The standard InChI is InChI=1S/C16H18N2O4/c19-13-5-2-1-4-12(13)7-8-15(20)17-9-10-18-16(21)14-6-3-11-22-14/h1-6,11,19H,7-10H2,(H,17,20)(H,18,21). The van der Waals surface area contributed by atoms with E-state index in [1.807, 2.05) is 6.07 Å². The number of phenolic OH excluding ortho intramolecular Hbond substituents is 1. The highest BCUT2D eigenvalue weighted by molar-refractivity contribution is 5.91. The van der Waals surface area contributed by atoms with Gasteiger partial charge in [-0.3, -0.25) is 9.59 Å². The Morgan fingerprint density at radius 3 is 2.55 bits per heavy atom. The summed E-state index contributed by atoms with van der Waals surface area (Å²) in [7, 11) is 0. The average Bonchev–Trinajstić information content (AvgIpc) is 3.05. The zero-order valence-electron chi connectivity index (χ0n) is 12.0. The van der Waals surface area contributed by atoms with Crippen LogP contribution in [0.1, 0.15) is 22.5 Å². The molecule has 1 aromatic heterocycles. The van der Waals surface area contributed by atoms with Crippen LogP contribution in [0.4, 0.5) is 0 Å². The zero-order valence-corrected chi connectivity index (χ0v) is 12.0. The second-order valence-corrected chi connectivity index (χ2v) is 4.71. The van der Waals surface area contributed by atoms with Crippen LogP contribution in [0.25, 0.3) is 0 Å². The first-order chi connectivity index (χ1) is 10.7. The number of para-hydroxylation sites is 1. The number of amides is 2. The van der Waals surface area contributed by atoms with E-state index in [1.54, 1.807) is 30.3 Å². The summed E-state index contributed by atoms with van der Waals surface area (Å²) in [6.07, 6.45) is 2.18. The summed E-state index contributed by atoms with van der Waals surface area (Å²) in [5.41, 5.74) is 0.740. The van der Waals surface area contributed by atoms with Crippen molar-refractivity contribution in [2.45, 2.75) is 12.8 Å². The van der Waals surface area contributed by atoms with E-state index in [-0.39, 0.29) is 29.7 Å². The third-order valence-electron chi connectivity index (χ3n) is 3.09. The molecular weight excluding hydrogens is 284 g/mol. The lowest BCUT2D eigenvalue weighted by Crippen LogP contribution is -2.34. The molecule has 1 aromatic carbocycles. The van der Waals surface area contributed by atoms with E-state index in [1.165, 1.54) is 6.26 Å². The molecule has 3 N–H and O–H groups in total. The highest BCUT2D eigenvalue weighted by atomic mass is 16.3. The fraction of sp³-hybridized carbons (Fsp3) is 0.250. The van der Waals surface area contributed by atoms with E-state index in [9.17, 15) is 14.7 Å². The van der Waals surface area contributed by atoms with E-state index in [2.05, 4.69) is 10.6 Å². The number of hydrogen-bond acceptors (Lipinski definition) is 4. The molecule has 0 atom stereocenters. The lowest BCUT2D eigenvalue weighted by molar-refractivity contribution is -0.121. The second kappa shape index (κ2) is 7.87. The van der Waals surface area contributed by atoms with Gasteiger partial charge >= 0.3 is 0 Å². The number of hydrogen-bond donors (Lipinski definition) is 3. The van der Waals surface area contributed by atoms with Gasteiger partial charge < -0.3 is 20.2 Å². The van der Waals surface area contributed by atoms with Gasteiger partial charge in [-0.1, -0.05) is 18.2 Å². The summed E-state index contributed by atoms with van der Waals surface area (Å²) in [5, 5.41) is 14.9. The van der Waals surface area contributed by atoms with Gasteiger partial charge in [0.2, 0.25) is 5.91 Å². The molecule has 0 saturated heterocycles. The highest BCUT2D eigenvalue weighted by Gasteiger charge is 2.08. The molecule has 0 fully saturated rings. The summed E-state index contributed by atoms with van der Waals surface area (Å²) < 4.78 is 4.95. The average molecular weight is 302 g/mol. The Morgan fingerprint density at radius 2 is 1.82 bits per heavy atom. The van der Waals surface area contributed by atoms with Gasteiger partial charge in [-0.25, -0.2) is 0 Å². The number of carbonyl (C=O) groups is 2. The maximum Gasteiger partial charge on any atom is 0.287 e. The molecule has 22 heavy (non-hydrogen) atoms. The molecule has 0 aliphatic carbocycles. The maximum absolute atomic E-state index is 11.7. The Bertz CT molecular complexity index is 623. The Labute approximate surface area is 128 Å². The molecule has 0 aliphatic heterocycles. The van der Waals surface area contributed by atoms with Gasteiger partial charge in [-0.2, -0.15) is 0 Å². The first-order valence-corrected chi connectivity index (χ1v) is 7.02. The van der Waals surface area contributed by atoms with E-state index in [0.29, 0.717) is 19.5 Å². The third-order valence-corrected chi connectivity index (χ3v) is 3.09. The number of carbonyl (C=O) groups excluding carboxylic acids is 2. The van der Waals surface area contributed by atoms with E-state index in [4.69, 9.17) is 4.42 Å². The summed E-state index contributed by atoms with van der Waals surface area (Å²) in [6, 6.07) is 10.1. The maximum atomic E-state index is 11.7. The minimum Gasteiger partial charge on any atom is -0.508 e. The fourth-order valence-corrected chi connectivity index (χ4v) is 1.93. The number of rotatable bonds is 7. The molecule has 6 nitrogen and oxygen atoms in total. The van der Waals surface area contributed by atoms with E-state index in [0.717, 1.165) is 5.56 Å². The molecule has 1 heterocycles. The molecule has 2 aromatic rings. The number of furan rings is 1. The van der Waals surface area contributed by atoms with Crippen LogP contribution in [-0.4, -0.2) is 30.0 Å². The number of nitrogens with one attached hydrogen (secondary N) is 2. The van der Waals surface area contributed by atoms with Gasteiger partial charge in [0.05, 0.1) is 6.26 Å². The molecule has 0 aliphatic rings. The number of phenols is 1. The summed E-state index contributed by atoms with van der Waals surface area (Å²) in [4.78, 5) is 23.2. The van der Waals surface area contributed by atoms with Crippen LogP contribution in [-0.2, 0) is 11.2 Å². The first kappa shape index (κ1) is 15.6. The largest absolute Gasteiger partial charge is 0.508 e. The monoisotopic (exact) mass is 302 g/mol. The Hall–Kier alpha value is -2.76. The van der Waals surface area contributed by atoms with Crippen molar-refractivity contribution in [1.82, 2.24) is 10.6 Å². The van der Waals surface area contributed by atoms with Crippen molar-refractivity contribution >= 4 is 11.8 Å². The fourth-order valence-electron chi connectivity index (χ4n) is 1.93. The topological polar surface area (TPSA) is 91.6 Å². The molecule has 0 bridgehead atoms. The van der Waals surface area contributed by atoms with Crippen LogP contribution in [0.3, 0.4) is 0 Å². The van der Waals surface area contributed by atoms with Gasteiger partial charge in [-0.15, -0.1) is 0 Å². The van der Waals surface area contributed by atoms with Crippen LogP contribution < -0.4 is 10.6 Å². The third kappa shape index (κ3) is 4.66. The van der Waals surface area contributed by atoms with E-state index >= 15 is 0 Å². The van der Waals surface area contributed by atoms with Gasteiger partial charge in [0.1, 0.15) is 5.75 Å². The number of benzene rings is 1. The molecular formula is C16H18N2O4. The molecule has 0 saturated carbocycles. The molecule has 6 heteroatoms. The molecule has 0 unspecified atom stereocenters. The minimum absolute atomic E-state index is 0.129. The van der Waals surface area contributed by atoms with Gasteiger partial charge in [0.25, 0.3) is 5.91 Å². The van der Waals surface area contributed by atoms with Crippen molar-refractivity contribution in [3.8, 4) is 5.75 Å².